The molecule has 1 atom stereocenters. The molecule has 5 nitrogen and oxygen atoms in total. The fourth-order valence-corrected chi connectivity index (χ4v) is 2.16. The summed E-state index contributed by atoms with van der Waals surface area (Å²) in [5.41, 5.74) is 7.04. The van der Waals surface area contributed by atoms with E-state index in [2.05, 4.69) is 5.32 Å². The molecule has 2 rings (SSSR count). The third kappa shape index (κ3) is 3.64. The van der Waals surface area contributed by atoms with Crippen molar-refractivity contribution < 1.29 is 14.4 Å². The van der Waals surface area contributed by atoms with Crippen LogP contribution in [0.25, 0.3) is 0 Å². The number of carbonyl (C=O) groups excluding carboxylic acids is 3. The second kappa shape index (κ2) is 5.65. The molecule has 3 N–H and O–H groups in total. The topological polar surface area (TPSA) is 89.3 Å². The molecule has 0 radical (unpaired) electrons. The maximum Gasteiger partial charge on any atom is 0.225 e. The molecule has 1 aliphatic carbocycles. The first kappa shape index (κ1) is 13.3. The van der Waals surface area contributed by atoms with Crippen LogP contribution in [0.3, 0.4) is 0 Å². The van der Waals surface area contributed by atoms with Crippen LogP contribution in [-0.4, -0.2) is 23.5 Å². The van der Waals surface area contributed by atoms with E-state index in [9.17, 15) is 14.4 Å². The van der Waals surface area contributed by atoms with Gasteiger partial charge in [0.2, 0.25) is 5.91 Å². The molecule has 1 unspecified atom stereocenters. The van der Waals surface area contributed by atoms with Crippen LogP contribution in [0, 0.1) is 0 Å². The van der Waals surface area contributed by atoms with Gasteiger partial charge in [0.05, 0.1) is 18.9 Å². The molecule has 0 heterocycles. The zero-order valence-electron chi connectivity index (χ0n) is 10.5. The molecule has 0 aliphatic heterocycles. The molecule has 0 bridgehead atoms. The molecule has 5 heteroatoms. The van der Waals surface area contributed by atoms with Crippen molar-refractivity contribution in [3.63, 3.8) is 0 Å². The van der Waals surface area contributed by atoms with Crippen molar-refractivity contribution in [1.82, 2.24) is 5.32 Å². The molecule has 0 spiro atoms. The molecular formula is C14H16N2O3. The van der Waals surface area contributed by atoms with E-state index >= 15 is 0 Å². The van der Waals surface area contributed by atoms with Crippen LogP contribution in [0.2, 0.25) is 0 Å². The Morgan fingerprint density at radius 1 is 1.37 bits per heavy atom. The number of benzene rings is 1. The number of rotatable bonds is 3. The van der Waals surface area contributed by atoms with Gasteiger partial charge in [-0.05, 0) is 24.1 Å². The van der Waals surface area contributed by atoms with Gasteiger partial charge in [-0.15, -0.1) is 0 Å². The van der Waals surface area contributed by atoms with Crippen LogP contribution in [0.1, 0.15) is 24.8 Å². The lowest BCUT2D eigenvalue weighted by atomic mass is 9.93. The lowest BCUT2D eigenvalue weighted by molar-refractivity contribution is -0.134. The molecule has 1 amide bonds. The molecule has 1 aromatic rings. The Hall–Kier alpha value is -2.17. The Bertz CT molecular complexity index is 525. The van der Waals surface area contributed by atoms with Crippen LogP contribution in [0.15, 0.2) is 24.3 Å². The average Bonchev–Trinajstić information content (AvgIpc) is 2.33. The number of hydrogen-bond acceptors (Lipinski definition) is 4. The van der Waals surface area contributed by atoms with Crippen LogP contribution in [0.4, 0.5) is 5.69 Å². The van der Waals surface area contributed by atoms with Gasteiger partial charge in [0, 0.05) is 12.1 Å². The fraction of sp³-hybridized carbons (Fsp3) is 0.357. The minimum Gasteiger partial charge on any atom is -0.399 e. The Balaban J connectivity index is 1.91. The highest BCUT2D eigenvalue weighted by atomic mass is 16.2. The smallest absolute Gasteiger partial charge is 0.225 e. The van der Waals surface area contributed by atoms with E-state index in [0.29, 0.717) is 18.5 Å². The van der Waals surface area contributed by atoms with Gasteiger partial charge >= 0.3 is 0 Å². The van der Waals surface area contributed by atoms with E-state index in [0.717, 1.165) is 5.56 Å². The van der Waals surface area contributed by atoms with Gasteiger partial charge in [-0.2, -0.15) is 0 Å². The quantitative estimate of drug-likeness (QED) is 0.616. The van der Waals surface area contributed by atoms with E-state index in [1.165, 1.54) is 0 Å². The molecule has 100 valence electrons. The van der Waals surface area contributed by atoms with E-state index in [4.69, 9.17) is 5.73 Å². The number of amides is 1. The van der Waals surface area contributed by atoms with E-state index in [-0.39, 0.29) is 30.3 Å². The summed E-state index contributed by atoms with van der Waals surface area (Å²) < 4.78 is 0. The first-order chi connectivity index (χ1) is 9.04. The van der Waals surface area contributed by atoms with Crippen molar-refractivity contribution in [3.8, 4) is 0 Å². The normalized spacial score (nSPS) is 19.3. The van der Waals surface area contributed by atoms with Crippen molar-refractivity contribution in [2.45, 2.75) is 31.7 Å². The number of carbonyl (C=O) groups is 3. The zero-order valence-corrected chi connectivity index (χ0v) is 10.5. The van der Waals surface area contributed by atoms with Gasteiger partial charge in [0.15, 0.2) is 5.78 Å². The van der Waals surface area contributed by atoms with Crippen molar-refractivity contribution >= 4 is 23.2 Å². The Morgan fingerprint density at radius 3 is 2.84 bits per heavy atom. The standard InChI is InChI=1S/C14H16N2O3/c15-10-3-1-2-9(6-10)7-14(19)16-12-5-4-11(17)8-13(12)18/h1-3,6,12H,4-5,7-8,15H2,(H,16,19). The highest BCUT2D eigenvalue weighted by Gasteiger charge is 2.27. The summed E-state index contributed by atoms with van der Waals surface area (Å²) >= 11 is 0. The highest BCUT2D eigenvalue weighted by molar-refractivity contribution is 6.05. The van der Waals surface area contributed by atoms with Crippen LogP contribution < -0.4 is 11.1 Å². The van der Waals surface area contributed by atoms with Crippen molar-refractivity contribution in [3.05, 3.63) is 29.8 Å². The monoisotopic (exact) mass is 260 g/mol. The summed E-state index contributed by atoms with van der Waals surface area (Å²) in [6.07, 6.45) is 0.876. The number of hydrogen-bond donors (Lipinski definition) is 2. The predicted octanol–water partition coefficient (Wildman–Crippen LogP) is 0.618. The van der Waals surface area contributed by atoms with E-state index in [1.54, 1.807) is 18.2 Å². The minimum atomic E-state index is -0.522. The summed E-state index contributed by atoms with van der Waals surface area (Å²) in [4.78, 5) is 34.5. The van der Waals surface area contributed by atoms with Gasteiger partial charge in [-0.25, -0.2) is 0 Å². The molecule has 0 aromatic heterocycles. The van der Waals surface area contributed by atoms with Gasteiger partial charge in [0.1, 0.15) is 5.78 Å². The summed E-state index contributed by atoms with van der Waals surface area (Å²) in [6.45, 7) is 0. The van der Waals surface area contributed by atoms with Gasteiger partial charge in [-0.1, -0.05) is 12.1 Å². The van der Waals surface area contributed by atoms with Gasteiger partial charge in [0.25, 0.3) is 0 Å². The molecule has 1 saturated carbocycles. The van der Waals surface area contributed by atoms with Crippen molar-refractivity contribution in [1.29, 1.82) is 0 Å². The second-order valence-electron chi connectivity index (χ2n) is 4.76. The molecule has 1 aromatic carbocycles. The molecule has 0 saturated heterocycles. The van der Waals surface area contributed by atoms with Crippen LogP contribution >= 0.6 is 0 Å². The summed E-state index contributed by atoms with van der Waals surface area (Å²) in [5.74, 6) is -0.471. The summed E-state index contributed by atoms with van der Waals surface area (Å²) in [5, 5.41) is 2.68. The maximum atomic E-state index is 11.8. The van der Waals surface area contributed by atoms with Crippen molar-refractivity contribution in [2.24, 2.45) is 0 Å². The third-order valence-electron chi connectivity index (χ3n) is 3.12. The number of nitrogen functional groups attached to an aromatic ring is 1. The molecular weight excluding hydrogens is 244 g/mol. The Morgan fingerprint density at radius 2 is 2.16 bits per heavy atom. The first-order valence-corrected chi connectivity index (χ1v) is 6.23. The molecule has 1 aliphatic rings. The number of nitrogens with one attached hydrogen (secondary N) is 1. The molecule has 19 heavy (non-hydrogen) atoms. The second-order valence-corrected chi connectivity index (χ2v) is 4.76. The Kier molecular flexibility index (Phi) is 3.94. The zero-order chi connectivity index (χ0) is 13.8. The van der Waals surface area contributed by atoms with Crippen LogP contribution in [0.5, 0.6) is 0 Å². The molecule has 1 fully saturated rings. The van der Waals surface area contributed by atoms with Crippen LogP contribution in [-0.2, 0) is 20.8 Å². The van der Waals surface area contributed by atoms with E-state index < -0.39 is 6.04 Å². The van der Waals surface area contributed by atoms with Gasteiger partial charge < -0.3 is 11.1 Å². The lowest BCUT2D eigenvalue weighted by Gasteiger charge is -2.21. The predicted molar refractivity (Wildman–Crippen MR) is 70.4 cm³/mol. The number of nitrogens with two attached hydrogens (primary N) is 1. The number of ketones is 2. The number of anilines is 1. The summed E-state index contributed by atoms with van der Waals surface area (Å²) in [7, 11) is 0. The average molecular weight is 260 g/mol. The third-order valence-corrected chi connectivity index (χ3v) is 3.12. The van der Waals surface area contributed by atoms with E-state index in [1.807, 2.05) is 6.07 Å². The SMILES string of the molecule is Nc1cccc(CC(=O)NC2CCC(=O)CC2=O)c1. The maximum absolute atomic E-state index is 11.8. The van der Waals surface area contributed by atoms with Crippen molar-refractivity contribution in [2.75, 3.05) is 5.73 Å². The lowest BCUT2D eigenvalue weighted by Crippen LogP contribution is -2.44. The summed E-state index contributed by atoms with van der Waals surface area (Å²) in [6, 6.07) is 6.54. The fourth-order valence-electron chi connectivity index (χ4n) is 2.16. The first-order valence-electron chi connectivity index (χ1n) is 6.23. The Labute approximate surface area is 111 Å². The largest absolute Gasteiger partial charge is 0.399 e. The highest BCUT2D eigenvalue weighted by Crippen LogP contribution is 2.12. The minimum absolute atomic E-state index is 0.0497. The number of Topliss-reactive ketones (excluding diaryl/α,β-unsaturated/α-hetero) is 2. The van der Waals surface area contributed by atoms with Gasteiger partial charge in [-0.3, -0.25) is 14.4 Å².